The molecule has 0 unspecified atom stereocenters. The van der Waals surface area contributed by atoms with E-state index in [-0.39, 0.29) is 43.3 Å². The molecule has 2 fully saturated rings. The summed E-state index contributed by atoms with van der Waals surface area (Å²) >= 11 is 0. The van der Waals surface area contributed by atoms with Gasteiger partial charge in [0, 0.05) is 18.1 Å². The second-order valence-electron chi connectivity index (χ2n) is 7.75. The Morgan fingerprint density at radius 1 is 1.19 bits per heavy atom. The third-order valence-electron chi connectivity index (χ3n) is 4.43. The van der Waals surface area contributed by atoms with Crippen molar-refractivity contribution in [2.75, 3.05) is 13.2 Å². The number of hydrogen-bond acceptors (Lipinski definition) is 5. The molecule has 8 nitrogen and oxygen atoms in total. The Morgan fingerprint density at radius 3 is 2.35 bits per heavy atom. The minimum Gasteiger partial charge on any atom is -0.445 e. The monoisotopic (exact) mass is 367 g/mol. The first-order valence-electron chi connectivity index (χ1n) is 9.02. The van der Waals surface area contributed by atoms with Crippen molar-refractivity contribution >= 4 is 18.1 Å². The van der Waals surface area contributed by atoms with E-state index in [4.69, 9.17) is 9.47 Å². The maximum absolute atomic E-state index is 12.1. The van der Waals surface area contributed by atoms with Crippen LogP contribution in [0.3, 0.4) is 0 Å². The van der Waals surface area contributed by atoms with Crippen molar-refractivity contribution in [3.8, 4) is 0 Å². The van der Waals surface area contributed by atoms with Crippen LogP contribution >= 0.6 is 0 Å². The molecule has 0 aliphatic carbocycles. The number of alkyl carbamates (subject to hydrolysis) is 1. The van der Waals surface area contributed by atoms with Crippen molar-refractivity contribution in [3.05, 3.63) is 12.7 Å². The molecule has 3 amide bonds. The highest BCUT2D eigenvalue weighted by atomic mass is 16.6. The van der Waals surface area contributed by atoms with Crippen molar-refractivity contribution in [1.29, 1.82) is 0 Å². The maximum Gasteiger partial charge on any atom is 0.410 e. The fourth-order valence-corrected chi connectivity index (χ4v) is 3.54. The van der Waals surface area contributed by atoms with Gasteiger partial charge in [0.15, 0.2) is 0 Å². The Labute approximate surface area is 154 Å². The molecule has 0 spiro atoms. The predicted octanol–water partition coefficient (Wildman–Crippen LogP) is 1.95. The molecule has 0 radical (unpaired) electrons. The fourth-order valence-electron chi connectivity index (χ4n) is 3.54. The smallest absolute Gasteiger partial charge is 0.410 e. The van der Waals surface area contributed by atoms with E-state index in [1.165, 1.54) is 0 Å². The molecular weight excluding hydrogens is 338 g/mol. The second kappa shape index (κ2) is 8.42. The molecule has 0 saturated carbocycles. The van der Waals surface area contributed by atoms with E-state index in [9.17, 15) is 14.4 Å². The van der Waals surface area contributed by atoms with Crippen LogP contribution < -0.4 is 10.6 Å². The zero-order valence-electron chi connectivity index (χ0n) is 15.7. The van der Waals surface area contributed by atoms with Gasteiger partial charge in [-0.3, -0.25) is 4.79 Å². The largest absolute Gasteiger partial charge is 0.445 e. The molecule has 2 aliphatic rings. The van der Waals surface area contributed by atoms with Gasteiger partial charge in [-0.05, 0) is 46.5 Å². The van der Waals surface area contributed by atoms with Crippen molar-refractivity contribution in [3.63, 3.8) is 0 Å². The number of fused-ring (bicyclic) bond motifs is 2. The van der Waals surface area contributed by atoms with Gasteiger partial charge in [-0.2, -0.15) is 0 Å². The first-order chi connectivity index (χ1) is 12.2. The van der Waals surface area contributed by atoms with E-state index in [1.54, 1.807) is 31.7 Å². The lowest BCUT2D eigenvalue weighted by Crippen LogP contribution is -2.53. The normalized spacial score (nSPS) is 24.6. The average Bonchev–Trinajstić information content (AvgIpc) is 2.80. The van der Waals surface area contributed by atoms with E-state index in [0.29, 0.717) is 12.8 Å². The summed E-state index contributed by atoms with van der Waals surface area (Å²) in [6.07, 6.45) is 3.83. The van der Waals surface area contributed by atoms with Gasteiger partial charge in [-0.15, -0.1) is 0 Å². The predicted molar refractivity (Wildman–Crippen MR) is 95.6 cm³/mol. The SMILES string of the molecule is C=CCOC(=O)N1[C@@H]2CC[C@H]1C[C@@H](NC(=O)CNC(=O)OC(C)(C)C)C2. The van der Waals surface area contributed by atoms with Gasteiger partial charge in [0.2, 0.25) is 5.91 Å². The Bertz CT molecular complexity index is 544. The molecule has 0 aromatic heterocycles. The average molecular weight is 367 g/mol. The molecule has 2 rings (SSSR count). The second-order valence-corrected chi connectivity index (χ2v) is 7.75. The molecule has 0 aromatic rings. The topological polar surface area (TPSA) is 97.0 Å². The summed E-state index contributed by atoms with van der Waals surface area (Å²) in [6, 6.07) is 0.147. The third-order valence-corrected chi connectivity index (χ3v) is 4.43. The highest BCUT2D eigenvalue weighted by molar-refractivity contribution is 5.82. The summed E-state index contributed by atoms with van der Waals surface area (Å²) in [5.41, 5.74) is -0.604. The third kappa shape index (κ3) is 5.64. The first kappa shape index (κ1) is 20.1. The molecule has 0 aromatic carbocycles. The number of piperidine rings is 1. The highest BCUT2D eigenvalue weighted by Gasteiger charge is 2.44. The van der Waals surface area contributed by atoms with E-state index in [0.717, 1.165) is 12.8 Å². The molecule has 3 atom stereocenters. The van der Waals surface area contributed by atoms with Crippen LogP contribution in [-0.4, -0.2) is 59.9 Å². The van der Waals surface area contributed by atoms with Crippen LogP contribution in [-0.2, 0) is 14.3 Å². The van der Waals surface area contributed by atoms with E-state index < -0.39 is 11.7 Å². The lowest BCUT2D eigenvalue weighted by molar-refractivity contribution is -0.121. The summed E-state index contributed by atoms with van der Waals surface area (Å²) in [6.45, 7) is 8.89. The molecule has 2 N–H and O–H groups in total. The van der Waals surface area contributed by atoms with Gasteiger partial charge >= 0.3 is 12.2 Å². The molecule has 2 aliphatic heterocycles. The molecule has 146 valence electrons. The number of nitrogens with zero attached hydrogens (tertiary/aromatic N) is 1. The maximum atomic E-state index is 12.1. The van der Waals surface area contributed by atoms with E-state index >= 15 is 0 Å². The Morgan fingerprint density at radius 2 is 1.81 bits per heavy atom. The Balaban J connectivity index is 1.77. The fraction of sp³-hybridized carbons (Fsp3) is 0.722. The molecule has 8 heteroatoms. The number of nitrogens with one attached hydrogen (secondary N) is 2. The number of carbonyl (C=O) groups is 3. The molecule has 2 bridgehead atoms. The van der Waals surface area contributed by atoms with Gasteiger partial charge in [-0.1, -0.05) is 12.7 Å². The quantitative estimate of drug-likeness (QED) is 0.724. The molecule has 2 heterocycles. The van der Waals surface area contributed by atoms with Gasteiger partial charge in [0.1, 0.15) is 18.8 Å². The van der Waals surface area contributed by atoms with Gasteiger partial charge in [0.25, 0.3) is 0 Å². The van der Waals surface area contributed by atoms with E-state index in [1.807, 2.05) is 0 Å². The van der Waals surface area contributed by atoms with Gasteiger partial charge in [-0.25, -0.2) is 9.59 Å². The Hall–Kier alpha value is -2.25. The van der Waals surface area contributed by atoms with Gasteiger partial charge < -0.3 is 25.0 Å². The minimum atomic E-state index is -0.618. The van der Waals surface area contributed by atoms with Crippen LogP contribution in [0.15, 0.2) is 12.7 Å². The van der Waals surface area contributed by atoms with Gasteiger partial charge in [0.05, 0.1) is 0 Å². The van der Waals surface area contributed by atoms with Crippen molar-refractivity contribution in [2.24, 2.45) is 0 Å². The zero-order valence-corrected chi connectivity index (χ0v) is 15.7. The van der Waals surface area contributed by atoms with Crippen molar-refractivity contribution < 1.29 is 23.9 Å². The minimum absolute atomic E-state index is 0.0103. The number of amides is 3. The molecule has 2 saturated heterocycles. The van der Waals surface area contributed by atoms with Crippen molar-refractivity contribution in [1.82, 2.24) is 15.5 Å². The summed E-state index contributed by atoms with van der Waals surface area (Å²) < 4.78 is 10.3. The van der Waals surface area contributed by atoms with Crippen molar-refractivity contribution in [2.45, 2.75) is 70.2 Å². The summed E-state index contributed by atoms with van der Waals surface area (Å²) in [5, 5.41) is 5.39. The number of carbonyl (C=O) groups excluding carboxylic acids is 3. The van der Waals surface area contributed by atoms with Crippen LogP contribution in [0.1, 0.15) is 46.5 Å². The Kier molecular flexibility index (Phi) is 6.50. The lowest BCUT2D eigenvalue weighted by atomic mass is 9.98. The summed E-state index contributed by atoms with van der Waals surface area (Å²) in [5.74, 6) is -0.261. The summed E-state index contributed by atoms with van der Waals surface area (Å²) in [7, 11) is 0. The molecule has 26 heavy (non-hydrogen) atoms. The highest BCUT2D eigenvalue weighted by Crippen LogP contribution is 2.36. The van der Waals surface area contributed by atoms with Crippen LogP contribution in [0.25, 0.3) is 0 Å². The van der Waals surface area contributed by atoms with Crippen LogP contribution in [0, 0.1) is 0 Å². The number of ether oxygens (including phenoxy) is 2. The van der Waals surface area contributed by atoms with Crippen LogP contribution in [0.4, 0.5) is 9.59 Å². The standard InChI is InChI=1S/C18H29N3O5/c1-5-8-25-17(24)21-13-6-7-14(21)10-12(9-13)20-15(22)11-19-16(23)26-18(2,3)4/h5,12-14H,1,6-11H2,2-4H3,(H,19,23)(H,20,22)/t12-,13+,14-. The van der Waals surface area contributed by atoms with Crippen LogP contribution in [0.2, 0.25) is 0 Å². The molecular formula is C18H29N3O5. The first-order valence-corrected chi connectivity index (χ1v) is 9.02. The van der Waals surface area contributed by atoms with Crippen LogP contribution in [0.5, 0.6) is 0 Å². The zero-order chi connectivity index (χ0) is 19.3. The number of rotatable bonds is 5. The lowest BCUT2D eigenvalue weighted by Gasteiger charge is -2.38. The number of hydrogen-bond donors (Lipinski definition) is 2. The van der Waals surface area contributed by atoms with E-state index in [2.05, 4.69) is 17.2 Å². The summed E-state index contributed by atoms with van der Waals surface area (Å²) in [4.78, 5) is 37.6.